The van der Waals surface area contributed by atoms with E-state index in [4.69, 9.17) is 10.5 Å². The van der Waals surface area contributed by atoms with Crippen molar-refractivity contribution in [1.29, 1.82) is 0 Å². The highest BCUT2D eigenvalue weighted by Gasteiger charge is 2.26. The summed E-state index contributed by atoms with van der Waals surface area (Å²) in [7, 11) is 1.75. The van der Waals surface area contributed by atoms with Crippen LogP contribution in [0.3, 0.4) is 0 Å². The predicted octanol–water partition coefficient (Wildman–Crippen LogP) is 1.23. The zero-order valence-electron chi connectivity index (χ0n) is 9.80. The molecule has 1 heterocycles. The fraction of sp³-hybridized carbons (Fsp3) is 0.538. The van der Waals surface area contributed by atoms with Crippen molar-refractivity contribution in [2.45, 2.75) is 25.1 Å². The molecule has 2 rings (SSSR count). The Morgan fingerprint density at radius 2 is 2.12 bits per heavy atom. The summed E-state index contributed by atoms with van der Waals surface area (Å²) in [4.78, 5) is 2.41. The van der Waals surface area contributed by atoms with Gasteiger partial charge in [-0.25, -0.2) is 0 Å². The van der Waals surface area contributed by atoms with E-state index >= 15 is 0 Å². The summed E-state index contributed by atoms with van der Waals surface area (Å²) in [5.41, 5.74) is 7.35. The number of likely N-dealkylation sites (tertiary alicyclic amines) is 1. The topological polar surface area (TPSA) is 38.5 Å². The Hall–Kier alpha value is -0.900. The van der Waals surface area contributed by atoms with E-state index in [1.807, 2.05) is 6.07 Å². The zero-order chi connectivity index (χ0) is 11.4. The van der Waals surface area contributed by atoms with Crippen molar-refractivity contribution in [2.75, 3.05) is 20.2 Å². The first kappa shape index (κ1) is 11.6. The van der Waals surface area contributed by atoms with E-state index < -0.39 is 0 Å². The molecule has 1 aliphatic heterocycles. The normalized spacial score (nSPS) is 26.9. The van der Waals surface area contributed by atoms with E-state index in [1.165, 1.54) is 5.56 Å². The largest absolute Gasteiger partial charge is 0.379 e. The molecule has 1 saturated heterocycles. The Labute approximate surface area is 97.2 Å². The molecule has 1 aliphatic rings. The third-order valence-electron chi connectivity index (χ3n) is 3.25. The van der Waals surface area contributed by atoms with Gasteiger partial charge in [0.25, 0.3) is 0 Å². The van der Waals surface area contributed by atoms with E-state index in [-0.39, 0.29) is 12.1 Å². The quantitative estimate of drug-likeness (QED) is 0.833. The maximum Gasteiger partial charge on any atom is 0.0849 e. The standard InChI is InChI=1S/C13H20N2O/c1-16-13-10-15(8-7-12(13)14)9-11-5-3-2-4-6-11/h2-6,12-13H,7-10,14H2,1H3. The smallest absolute Gasteiger partial charge is 0.0849 e. The molecule has 0 aliphatic carbocycles. The zero-order valence-corrected chi connectivity index (χ0v) is 9.80. The lowest BCUT2D eigenvalue weighted by Crippen LogP contribution is -2.51. The van der Waals surface area contributed by atoms with Crippen molar-refractivity contribution in [3.63, 3.8) is 0 Å². The second-order valence-electron chi connectivity index (χ2n) is 4.45. The van der Waals surface area contributed by atoms with Gasteiger partial charge in [-0.05, 0) is 12.0 Å². The minimum atomic E-state index is 0.178. The van der Waals surface area contributed by atoms with Gasteiger partial charge >= 0.3 is 0 Å². The summed E-state index contributed by atoms with van der Waals surface area (Å²) >= 11 is 0. The maximum absolute atomic E-state index is 5.99. The summed E-state index contributed by atoms with van der Waals surface area (Å²) in [6.07, 6.45) is 1.20. The summed E-state index contributed by atoms with van der Waals surface area (Å²) in [6, 6.07) is 10.7. The number of rotatable bonds is 3. The Bertz CT molecular complexity index is 315. The highest BCUT2D eigenvalue weighted by molar-refractivity contribution is 5.14. The lowest BCUT2D eigenvalue weighted by Gasteiger charge is -2.35. The van der Waals surface area contributed by atoms with Crippen LogP contribution >= 0.6 is 0 Å². The molecule has 0 spiro atoms. The van der Waals surface area contributed by atoms with Crippen LogP contribution in [0.15, 0.2) is 30.3 Å². The van der Waals surface area contributed by atoms with Gasteiger partial charge in [-0.15, -0.1) is 0 Å². The lowest BCUT2D eigenvalue weighted by atomic mass is 10.0. The minimum absolute atomic E-state index is 0.178. The molecule has 3 heteroatoms. The molecule has 0 radical (unpaired) electrons. The van der Waals surface area contributed by atoms with Gasteiger partial charge < -0.3 is 10.5 Å². The third-order valence-corrected chi connectivity index (χ3v) is 3.25. The van der Waals surface area contributed by atoms with Crippen LogP contribution < -0.4 is 5.73 Å². The van der Waals surface area contributed by atoms with E-state index in [2.05, 4.69) is 29.2 Å². The molecular weight excluding hydrogens is 200 g/mol. The summed E-state index contributed by atoms with van der Waals surface area (Å²) in [6.45, 7) is 3.00. The number of piperidine rings is 1. The maximum atomic E-state index is 5.99. The van der Waals surface area contributed by atoms with Crippen LogP contribution in [0.25, 0.3) is 0 Å². The Morgan fingerprint density at radius 1 is 1.38 bits per heavy atom. The van der Waals surface area contributed by atoms with E-state index in [0.717, 1.165) is 26.1 Å². The van der Waals surface area contributed by atoms with Gasteiger partial charge in [0.2, 0.25) is 0 Å². The van der Waals surface area contributed by atoms with Crippen molar-refractivity contribution in [1.82, 2.24) is 4.90 Å². The van der Waals surface area contributed by atoms with Gasteiger partial charge in [0.05, 0.1) is 6.10 Å². The molecule has 2 N–H and O–H groups in total. The number of hydrogen-bond acceptors (Lipinski definition) is 3. The van der Waals surface area contributed by atoms with E-state index in [9.17, 15) is 0 Å². The van der Waals surface area contributed by atoms with Crippen molar-refractivity contribution < 1.29 is 4.74 Å². The Kier molecular flexibility index (Phi) is 3.93. The van der Waals surface area contributed by atoms with E-state index in [0.29, 0.717) is 0 Å². The van der Waals surface area contributed by atoms with Crippen LogP contribution in [-0.2, 0) is 11.3 Å². The highest BCUT2D eigenvalue weighted by atomic mass is 16.5. The molecule has 88 valence electrons. The lowest BCUT2D eigenvalue weighted by molar-refractivity contribution is 0.0140. The van der Waals surface area contributed by atoms with Crippen molar-refractivity contribution >= 4 is 0 Å². The number of ether oxygens (including phenoxy) is 1. The molecule has 1 aromatic rings. The van der Waals surface area contributed by atoms with Gasteiger partial charge in [-0.1, -0.05) is 30.3 Å². The van der Waals surface area contributed by atoms with Crippen molar-refractivity contribution in [3.8, 4) is 0 Å². The molecule has 3 nitrogen and oxygen atoms in total. The average Bonchev–Trinajstić information content (AvgIpc) is 2.33. The molecule has 1 fully saturated rings. The Morgan fingerprint density at radius 3 is 2.81 bits per heavy atom. The first-order valence-electron chi connectivity index (χ1n) is 5.84. The highest BCUT2D eigenvalue weighted by Crippen LogP contribution is 2.14. The number of nitrogens with zero attached hydrogens (tertiary/aromatic N) is 1. The van der Waals surface area contributed by atoms with E-state index in [1.54, 1.807) is 7.11 Å². The second-order valence-corrected chi connectivity index (χ2v) is 4.45. The molecular formula is C13H20N2O. The first-order valence-corrected chi connectivity index (χ1v) is 5.84. The summed E-state index contributed by atoms with van der Waals surface area (Å²) < 4.78 is 5.40. The molecule has 16 heavy (non-hydrogen) atoms. The summed E-state index contributed by atoms with van der Waals surface area (Å²) in [5.74, 6) is 0. The molecule has 0 aromatic heterocycles. The van der Waals surface area contributed by atoms with Gasteiger partial charge in [-0.2, -0.15) is 0 Å². The van der Waals surface area contributed by atoms with Gasteiger partial charge in [0.1, 0.15) is 0 Å². The number of methoxy groups -OCH3 is 1. The minimum Gasteiger partial charge on any atom is -0.379 e. The number of benzene rings is 1. The van der Waals surface area contributed by atoms with Crippen LogP contribution in [0, 0.1) is 0 Å². The number of hydrogen-bond donors (Lipinski definition) is 1. The van der Waals surface area contributed by atoms with Crippen LogP contribution in [0.4, 0.5) is 0 Å². The molecule has 0 saturated carbocycles. The molecule has 2 unspecified atom stereocenters. The predicted molar refractivity (Wildman–Crippen MR) is 65.1 cm³/mol. The van der Waals surface area contributed by atoms with Gasteiger partial charge in [0.15, 0.2) is 0 Å². The van der Waals surface area contributed by atoms with Crippen molar-refractivity contribution in [3.05, 3.63) is 35.9 Å². The van der Waals surface area contributed by atoms with Gasteiger partial charge in [-0.3, -0.25) is 4.90 Å². The SMILES string of the molecule is COC1CN(Cc2ccccc2)CCC1N. The molecule has 0 amide bonds. The van der Waals surface area contributed by atoms with Crippen LogP contribution in [-0.4, -0.2) is 37.2 Å². The van der Waals surface area contributed by atoms with Crippen LogP contribution in [0.2, 0.25) is 0 Å². The third kappa shape index (κ3) is 2.82. The molecule has 2 atom stereocenters. The molecule has 0 bridgehead atoms. The van der Waals surface area contributed by atoms with Crippen LogP contribution in [0.1, 0.15) is 12.0 Å². The monoisotopic (exact) mass is 220 g/mol. The summed E-state index contributed by atoms with van der Waals surface area (Å²) in [5, 5.41) is 0. The van der Waals surface area contributed by atoms with Crippen molar-refractivity contribution in [2.24, 2.45) is 5.73 Å². The fourth-order valence-electron chi connectivity index (χ4n) is 2.23. The Balaban J connectivity index is 1.92. The first-order chi connectivity index (χ1) is 7.79. The van der Waals surface area contributed by atoms with Crippen LogP contribution in [0.5, 0.6) is 0 Å². The average molecular weight is 220 g/mol. The molecule has 1 aromatic carbocycles. The van der Waals surface area contributed by atoms with Gasteiger partial charge in [0, 0.05) is 32.8 Å². The second kappa shape index (κ2) is 5.43. The number of nitrogens with two attached hydrogens (primary N) is 1. The fourth-order valence-corrected chi connectivity index (χ4v) is 2.23.